The summed E-state index contributed by atoms with van der Waals surface area (Å²) < 4.78 is 5.40. The molecule has 5 heteroatoms. The number of carbonyl (C=O) groups is 1. The van der Waals surface area contributed by atoms with Crippen molar-refractivity contribution in [3.63, 3.8) is 0 Å². The van der Waals surface area contributed by atoms with Crippen molar-refractivity contribution >= 4 is 5.91 Å². The number of likely N-dealkylation sites (N-methyl/N-ethyl adjacent to an activating group) is 1. The van der Waals surface area contributed by atoms with Gasteiger partial charge in [0.2, 0.25) is 5.91 Å². The van der Waals surface area contributed by atoms with E-state index in [1.165, 1.54) is 0 Å². The van der Waals surface area contributed by atoms with Crippen molar-refractivity contribution in [2.24, 2.45) is 5.73 Å². The van der Waals surface area contributed by atoms with Crippen LogP contribution in [-0.2, 0) is 9.53 Å². The average molecular weight is 255 g/mol. The monoisotopic (exact) mass is 255 g/mol. The molecular weight excluding hydrogens is 230 g/mol. The second-order valence-corrected chi connectivity index (χ2v) is 5.60. The predicted molar refractivity (Wildman–Crippen MR) is 70.2 cm³/mol. The molecule has 0 radical (unpaired) electrons. The lowest BCUT2D eigenvalue weighted by molar-refractivity contribution is -0.124. The van der Waals surface area contributed by atoms with E-state index >= 15 is 0 Å². The third kappa shape index (κ3) is 2.53. The van der Waals surface area contributed by atoms with Gasteiger partial charge in [0.15, 0.2) is 0 Å². The number of amides is 1. The van der Waals surface area contributed by atoms with Crippen molar-refractivity contribution < 1.29 is 9.53 Å². The van der Waals surface area contributed by atoms with Crippen LogP contribution in [0.25, 0.3) is 0 Å². The van der Waals surface area contributed by atoms with Crippen LogP contribution in [0.5, 0.6) is 0 Å². The Balaban J connectivity index is 1.96. The molecule has 2 fully saturated rings. The maximum atomic E-state index is 11.6. The highest BCUT2D eigenvalue weighted by molar-refractivity contribution is 5.85. The summed E-state index contributed by atoms with van der Waals surface area (Å²) in [4.78, 5) is 14.1. The van der Waals surface area contributed by atoms with Gasteiger partial charge in [0, 0.05) is 25.3 Å². The Bertz CT molecular complexity index is 305. The van der Waals surface area contributed by atoms with Crippen molar-refractivity contribution in [1.82, 2.24) is 10.2 Å². The summed E-state index contributed by atoms with van der Waals surface area (Å²) in [6.45, 7) is 1.71. The zero-order valence-electron chi connectivity index (χ0n) is 11.4. The van der Waals surface area contributed by atoms with Crippen LogP contribution in [0, 0.1) is 0 Å². The standard InChI is InChI=1S/C13H25N3O2/c1-15-13(12(14)17)6-3-11(9-13)16(2)10-4-7-18-8-5-10/h10-11,15H,3-9H2,1-2H3,(H2,14,17). The molecule has 1 saturated heterocycles. The number of ether oxygens (including phenoxy) is 1. The first-order valence-electron chi connectivity index (χ1n) is 6.87. The number of primary amides is 1. The van der Waals surface area contributed by atoms with Crippen molar-refractivity contribution in [1.29, 1.82) is 0 Å². The fourth-order valence-electron chi connectivity index (χ4n) is 3.33. The van der Waals surface area contributed by atoms with Gasteiger partial charge in [-0.2, -0.15) is 0 Å². The normalized spacial score (nSPS) is 34.1. The van der Waals surface area contributed by atoms with Gasteiger partial charge in [0.05, 0.1) is 5.54 Å². The van der Waals surface area contributed by atoms with Crippen LogP contribution in [0.1, 0.15) is 32.1 Å². The molecule has 0 spiro atoms. The lowest BCUT2D eigenvalue weighted by atomic mass is 9.96. The van der Waals surface area contributed by atoms with E-state index < -0.39 is 5.54 Å². The lowest BCUT2D eigenvalue weighted by Crippen LogP contribution is -2.53. The number of carbonyl (C=O) groups excluding carboxylic acids is 1. The van der Waals surface area contributed by atoms with Crippen LogP contribution in [0.3, 0.4) is 0 Å². The van der Waals surface area contributed by atoms with E-state index in [9.17, 15) is 4.79 Å². The molecule has 0 bridgehead atoms. The van der Waals surface area contributed by atoms with Crippen LogP contribution in [0.4, 0.5) is 0 Å². The molecule has 1 saturated carbocycles. The van der Waals surface area contributed by atoms with E-state index in [4.69, 9.17) is 10.5 Å². The molecular formula is C13H25N3O2. The molecule has 2 rings (SSSR count). The lowest BCUT2D eigenvalue weighted by Gasteiger charge is -2.36. The Morgan fingerprint density at radius 2 is 2.00 bits per heavy atom. The summed E-state index contributed by atoms with van der Waals surface area (Å²) in [6, 6.07) is 1.04. The molecule has 1 heterocycles. The van der Waals surface area contributed by atoms with Gasteiger partial charge >= 0.3 is 0 Å². The molecule has 1 aliphatic heterocycles. The van der Waals surface area contributed by atoms with E-state index in [0.29, 0.717) is 12.1 Å². The van der Waals surface area contributed by atoms with Gasteiger partial charge in [-0.15, -0.1) is 0 Å². The molecule has 104 valence electrons. The topological polar surface area (TPSA) is 67.6 Å². The van der Waals surface area contributed by atoms with E-state index in [1.807, 2.05) is 7.05 Å². The molecule has 0 aromatic heterocycles. The highest BCUT2D eigenvalue weighted by Crippen LogP contribution is 2.34. The predicted octanol–water partition coefficient (Wildman–Crippen LogP) is 0.0932. The number of nitrogens with zero attached hydrogens (tertiary/aromatic N) is 1. The van der Waals surface area contributed by atoms with E-state index in [2.05, 4.69) is 17.3 Å². The first kappa shape index (κ1) is 13.8. The second-order valence-electron chi connectivity index (χ2n) is 5.60. The summed E-state index contributed by atoms with van der Waals surface area (Å²) in [7, 11) is 4.01. The maximum Gasteiger partial charge on any atom is 0.237 e. The van der Waals surface area contributed by atoms with Crippen LogP contribution in [-0.4, -0.2) is 55.7 Å². The number of nitrogens with one attached hydrogen (secondary N) is 1. The molecule has 1 aliphatic carbocycles. The SMILES string of the molecule is CNC1(C(N)=O)CCC(N(C)C2CCOCC2)C1. The van der Waals surface area contributed by atoms with Crippen molar-refractivity contribution in [2.75, 3.05) is 27.3 Å². The van der Waals surface area contributed by atoms with Crippen molar-refractivity contribution in [2.45, 2.75) is 49.7 Å². The molecule has 2 atom stereocenters. The van der Waals surface area contributed by atoms with Crippen molar-refractivity contribution in [3.05, 3.63) is 0 Å². The maximum absolute atomic E-state index is 11.6. The third-order valence-corrected chi connectivity index (χ3v) is 4.78. The van der Waals surface area contributed by atoms with E-state index in [0.717, 1.165) is 45.3 Å². The summed E-state index contributed by atoms with van der Waals surface area (Å²) in [5.41, 5.74) is 5.05. The van der Waals surface area contributed by atoms with Gasteiger partial charge in [0.25, 0.3) is 0 Å². The molecule has 18 heavy (non-hydrogen) atoms. The second kappa shape index (κ2) is 5.55. The Kier molecular flexibility index (Phi) is 4.25. The number of hydrogen-bond donors (Lipinski definition) is 2. The molecule has 2 aliphatic rings. The molecule has 1 amide bonds. The molecule has 0 aromatic rings. The highest BCUT2D eigenvalue weighted by atomic mass is 16.5. The summed E-state index contributed by atoms with van der Waals surface area (Å²) in [5.74, 6) is -0.215. The van der Waals surface area contributed by atoms with Crippen LogP contribution >= 0.6 is 0 Å². The number of rotatable bonds is 4. The van der Waals surface area contributed by atoms with Crippen LogP contribution < -0.4 is 11.1 Å². The fourth-order valence-corrected chi connectivity index (χ4v) is 3.33. The van der Waals surface area contributed by atoms with Gasteiger partial charge in [0.1, 0.15) is 0 Å². The summed E-state index contributed by atoms with van der Waals surface area (Å²) in [5, 5.41) is 3.14. The van der Waals surface area contributed by atoms with Gasteiger partial charge in [-0.3, -0.25) is 4.79 Å². The minimum absolute atomic E-state index is 0.215. The smallest absolute Gasteiger partial charge is 0.237 e. The first-order chi connectivity index (χ1) is 8.59. The van der Waals surface area contributed by atoms with Crippen LogP contribution in [0.2, 0.25) is 0 Å². The molecule has 0 aromatic carbocycles. The first-order valence-corrected chi connectivity index (χ1v) is 6.87. The Hall–Kier alpha value is -0.650. The fraction of sp³-hybridized carbons (Fsp3) is 0.923. The zero-order chi connectivity index (χ0) is 13.2. The minimum Gasteiger partial charge on any atom is -0.381 e. The number of hydrogen-bond acceptors (Lipinski definition) is 4. The minimum atomic E-state index is -0.496. The Morgan fingerprint density at radius 1 is 1.33 bits per heavy atom. The largest absolute Gasteiger partial charge is 0.381 e. The average Bonchev–Trinajstić information content (AvgIpc) is 2.84. The van der Waals surface area contributed by atoms with Crippen LogP contribution in [0.15, 0.2) is 0 Å². The molecule has 2 unspecified atom stereocenters. The zero-order valence-corrected chi connectivity index (χ0v) is 11.4. The summed E-state index contributed by atoms with van der Waals surface area (Å²) in [6.07, 6.45) is 4.90. The van der Waals surface area contributed by atoms with Gasteiger partial charge in [-0.1, -0.05) is 0 Å². The number of nitrogens with two attached hydrogens (primary N) is 1. The van der Waals surface area contributed by atoms with Gasteiger partial charge in [-0.25, -0.2) is 0 Å². The van der Waals surface area contributed by atoms with E-state index in [-0.39, 0.29) is 5.91 Å². The quantitative estimate of drug-likeness (QED) is 0.747. The summed E-state index contributed by atoms with van der Waals surface area (Å²) >= 11 is 0. The molecule has 3 N–H and O–H groups in total. The third-order valence-electron chi connectivity index (χ3n) is 4.78. The van der Waals surface area contributed by atoms with Crippen molar-refractivity contribution in [3.8, 4) is 0 Å². The van der Waals surface area contributed by atoms with E-state index in [1.54, 1.807) is 0 Å². The highest BCUT2D eigenvalue weighted by Gasteiger charge is 2.44. The molecule has 5 nitrogen and oxygen atoms in total. The van der Waals surface area contributed by atoms with Gasteiger partial charge in [-0.05, 0) is 46.2 Å². The Labute approximate surface area is 109 Å². The van der Waals surface area contributed by atoms with Gasteiger partial charge < -0.3 is 20.7 Å². The Morgan fingerprint density at radius 3 is 2.50 bits per heavy atom.